The molecule has 0 unspecified atom stereocenters. The van der Waals surface area contributed by atoms with Gasteiger partial charge in [-0.15, -0.1) is 0 Å². The Bertz CT molecular complexity index is 1200. The molecule has 0 aliphatic rings. The smallest absolute Gasteiger partial charge is 0.211 e. The number of aryl methyl sites for hydroxylation is 4. The summed E-state index contributed by atoms with van der Waals surface area (Å²) in [4.78, 5) is 3.35. The van der Waals surface area contributed by atoms with Gasteiger partial charge in [0, 0.05) is 21.2 Å². The van der Waals surface area contributed by atoms with Gasteiger partial charge in [0.2, 0.25) is 14.6 Å². The van der Waals surface area contributed by atoms with Gasteiger partial charge in [-0.1, -0.05) is 72.8 Å². The SMILES string of the molecule is Cc1ccccc1P(=O)(NP(=O)(c1ccccc1C)c1ccccc1C)c1ccccc1C. The largest absolute Gasteiger partial charge is 0.296 e. The predicted molar refractivity (Wildman–Crippen MR) is 142 cm³/mol. The zero-order valence-corrected chi connectivity index (χ0v) is 21.2. The van der Waals surface area contributed by atoms with Crippen LogP contribution in [0.4, 0.5) is 0 Å². The van der Waals surface area contributed by atoms with Gasteiger partial charge in [-0.3, -0.25) is 9.13 Å². The predicted octanol–water partition coefficient (Wildman–Crippen LogP) is 5.67. The van der Waals surface area contributed by atoms with E-state index >= 15 is 9.13 Å². The summed E-state index contributed by atoms with van der Waals surface area (Å²) in [5.41, 5.74) is 3.60. The Morgan fingerprint density at radius 2 is 0.636 bits per heavy atom. The van der Waals surface area contributed by atoms with Crippen molar-refractivity contribution in [1.82, 2.24) is 4.86 Å². The molecule has 168 valence electrons. The summed E-state index contributed by atoms with van der Waals surface area (Å²) in [7, 11) is -7.01. The molecule has 4 aromatic rings. The summed E-state index contributed by atoms with van der Waals surface area (Å²) < 4.78 is 30.3. The van der Waals surface area contributed by atoms with E-state index < -0.39 is 14.6 Å². The number of hydrogen-bond acceptors (Lipinski definition) is 2. The molecular formula is C28H29NO2P2. The van der Waals surface area contributed by atoms with Crippen molar-refractivity contribution in [2.75, 3.05) is 0 Å². The van der Waals surface area contributed by atoms with E-state index in [9.17, 15) is 0 Å². The van der Waals surface area contributed by atoms with Crippen LogP contribution in [0.25, 0.3) is 0 Å². The summed E-state index contributed by atoms with van der Waals surface area (Å²) in [6.07, 6.45) is 0. The van der Waals surface area contributed by atoms with Gasteiger partial charge in [0.05, 0.1) is 0 Å². The van der Waals surface area contributed by atoms with Crippen LogP contribution in [-0.4, -0.2) is 0 Å². The minimum absolute atomic E-state index is 0.682. The first-order valence-electron chi connectivity index (χ1n) is 11.0. The third-order valence-corrected chi connectivity index (χ3v) is 13.1. The van der Waals surface area contributed by atoms with Crippen LogP contribution in [0.1, 0.15) is 22.3 Å². The van der Waals surface area contributed by atoms with Crippen LogP contribution in [0.15, 0.2) is 97.1 Å². The monoisotopic (exact) mass is 473 g/mol. The van der Waals surface area contributed by atoms with Crippen molar-refractivity contribution in [1.29, 1.82) is 0 Å². The molecule has 0 spiro atoms. The molecular weight excluding hydrogens is 444 g/mol. The molecule has 33 heavy (non-hydrogen) atoms. The second-order valence-electron chi connectivity index (χ2n) is 8.46. The number of nitrogens with one attached hydrogen (secondary N) is 1. The Morgan fingerprint density at radius 1 is 0.424 bits per heavy atom. The molecule has 0 radical (unpaired) electrons. The lowest BCUT2D eigenvalue weighted by atomic mass is 10.2. The summed E-state index contributed by atoms with van der Waals surface area (Å²) in [6, 6.07) is 30.6. The standard InChI is InChI=1S/C28H29NO2P2/c1-21-13-5-9-17-25(21)32(30,26-18-10-6-14-22(26)2)29-33(31,27-19-11-7-15-23(27)3)28-20-12-8-16-24(28)4/h5-20H,1-4H3,(H,29,30,31). The lowest BCUT2D eigenvalue weighted by Gasteiger charge is -2.31. The van der Waals surface area contributed by atoms with E-state index in [4.69, 9.17) is 0 Å². The van der Waals surface area contributed by atoms with Gasteiger partial charge in [0.15, 0.2) is 0 Å². The molecule has 0 aromatic heterocycles. The fourth-order valence-electron chi connectivity index (χ4n) is 4.34. The second kappa shape index (κ2) is 9.27. The molecule has 0 aliphatic carbocycles. The van der Waals surface area contributed by atoms with Gasteiger partial charge in [-0.05, 0) is 74.2 Å². The molecule has 4 rings (SSSR count). The Hall–Kier alpha value is -2.70. The van der Waals surface area contributed by atoms with Crippen molar-refractivity contribution >= 4 is 35.8 Å². The maximum Gasteiger partial charge on any atom is 0.211 e. The summed E-state index contributed by atoms with van der Waals surface area (Å²) in [6.45, 7) is 7.81. The minimum Gasteiger partial charge on any atom is -0.296 e. The second-order valence-corrected chi connectivity index (χ2v) is 13.6. The lowest BCUT2D eigenvalue weighted by molar-refractivity contribution is 0.574. The number of benzene rings is 4. The van der Waals surface area contributed by atoms with Crippen molar-refractivity contribution in [3.63, 3.8) is 0 Å². The van der Waals surface area contributed by atoms with Crippen LogP contribution in [-0.2, 0) is 9.13 Å². The highest BCUT2D eigenvalue weighted by Crippen LogP contribution is 2.54. The van der Waals surface area contributed by atoms with E-state index in [1.54, 1.807) is 0 Å². The molecule has 0 atom stereocenters. The number of hydrogen-bond donors (Lipinski definition) is 1. The van der Waals surface area contributed by atoms with Gasteiger partial charge in [0.1, 0.15) is 0 Å². The third-order valence-electron chi connectivity index (χ3n) is 6.10. The maximum atomic E-state index is 15.2. The van der Waals surface area contributed by atoms with E-state index in [0.717, 1.165) is 22.3 Å². The van der Waals surface area contributed by atoms with Crippen molar-refractivity contribution in [2.45, 2.75) is 27.7 Å². The molecule has 0 aliphatic heterocycles. The Labute approximate surface area is 196 Å². The first kappa shape index (κ1) is 23.5. The van der Waals surface area contributed by atoms with E-state index in [0.29, 0.717) is 21.2 Å². The van der Waals surface area contributed by atoms with Gasteiger partial charge < -0.3 is 0 Å². The van der Waals surface area contributed by atoms with Gasteiger partial charge in [0.25, 0.3) is 0 Å². The topological polar surface area (TPSA) is 46.2 Å². The summed E-state index contributed by atoms with van der Waals surface area (Å²) >= 11 is 0. The van der Waals surface area contributed by atoms with Gasteiger partial charge in [-0.25, -0.2) is 4.86 Å². The van der Waals surface area contributed by atoms with Crippen molar-refractivity contribution < 1.29 is 9.13 Å². The maximum absolute atomic E-state index is 15.2. The first-order chi connectivity index (χ1) is 15.8. The van der Waals surface area contributed by atoms with Crippen LogP contribution < -0.4 is 26.1 Å². The highest BCUT2D eigenvalue weighted by Gasteiger charge is 2.41. The minimum atomic E-state index is -3.50. The quantitative estimate of drug-likeness (QED) is 0.367. The van der Waals surface area contributed by atoms with Crippen molar-refractivity contribution in [3.8, 4) is 0 Å². The summed E-state index contributed by atoms with van der Waals surface area (Å²) in [5, 5.41) is 2.73. The van der Waals surface area contributed by atoms with Crippen LogP contribution >= 0.6 is 14.6 Å². The van der Waals surface area contributed by atoms with Crippen molar-refractivity contribution in [2.24, 2.45) is 0 Å². The van der Waals surface area contributed by atoms with Crippen LogP contribution in [0, 0.1) is 27.7 Å². The Balaban J connectivity index is 2.05. The van der Waals surface area contributed by atoms with E-state index in [-0.39, 0.29) is 0 Å². The average Bonchev–Trinajstić information content (AvgIpc) is 2.80. The highest BCUT2D eigenvalue weighted by atomic mass is 31.2. The zero-order chi connectivity index (χ0) is 23.6. The number of rotatable bonds is 6. The molecule has 3 nitrogen and oxygen atoms in total. The molecule has 0 bridgehead atoms. The molecule has 0 heterocycles. The van der Waals surface area contributed by atoms with Gasteiger partial charge >= 0.3 is 0 Å². The first-order valence-corrected chi connectivity index (χ1v) is 14.4. The average molecular weight is 473 g/mol. The van der Waals surface area contributed by atoms with Crippen LogP contribution in [0.3, 0.4) is 0 Å². The molecule has 5 heteroatoms. The fraction of sp³-hybridized carbons (Fsp3) is 0.143. The van der Waals surface area contributed by atoms with Crippen molar-refractivity contribution in [3.05, 3.63) is 119 Å². The highest BCUT2D eigenvalue weighted by molar-refractivity contribution is 7.91. The lowest BCUT2D eigenvalue weighted by Crippen LogP contribution is -2.35. The zero-order valence-electron chi connectivity index (χ0n) is 19.4. The van der Waals surface area contributed by atoms with E-state index in [2.05, 4.69) is 4.86 Å². The normalized spacial score (nSPS) is 12.0. The summed E-state index contributed by atoms with van der Waals surface area (Å²) in [5.74, 6) is 0. The molecule has 0 amide bonds. The van der Waals surface area contributed by atoms with Crippen LogP contribution in [0.2, 0.25) is 0 Å². The Kier molecular flexibility index (Phi) is 6.59. The van der Waals surface area contributed by atoms with E-state index in [1.165, 1.54) is 0 Å². The molecule has 0 fully saturated rings. The Morgan fingerprint density at radius 3 is 0.848 bits per heavy atom. The molecule has 4 aromatic carbocycles. The fourth-order valence-corrected chi connectivity index (χ4v) is 11.6. The molecule has 1 N–H and O–H groups in total. The molecule has 0 saturated carbocycles. The van der Waals surface area contributed by atoms with E-state index in [1.807, 2.05) is 125 Å². The van der Waals surface area contributed by atoms with Crippen LogP contribution in [0.5, 0.6) is 0 Å². The third kappa shape index (κ3) is 4.30. The van der Waals surface area contributed by atoms with Gasteiger partial charge in [-0.2, -0.15) is 0 Å². The molecule has 0 saturated heterocycles.